The van der Waals surface area contributed by atoms with Crippen molar-refractivity contribution in [1.82, 2.24) is 0 Å². The first-order valence-corrected chi connectivity index (χ1v) is 21.1. The number of carbonyl (C=O) groups excluding carboxylic acids is 1. The third-order valence-electron chi connectivity index (χ3n) is 12.9. The number of nitrogens with zero attached hydrogens (tertiary/aromatic N) is 2. The molecule has 5 aromatic rings. The maximum absolute atomic E-state index is 12.4. The van der Waals surface area contributed by atoms with Gasteiger partial charge in [-0.3, -0.25) is 0 Å². The summed E-state index contributed by atoms with van der Waals surface area (Å²) in [5.74, 6) is 1.53. The van der Waals surface area contributed by atoms with Gasteiger partial charge in [-0.05, 0) is 145 Å². The molecule has 3 aliphatic rings. The molecule has 0 N–H and O–H groups in total. The Kier molecular flexibility index (Phi) is 10.6. The fraction of sp³-hybridized carbons (Fsp3) is 0.308. The van der Waals surface area contributed by atoms with E-state index in [4.69, 9.17) is 25.8 Å². The molecular formula is C52H54ClN2O4+. The number of ether oxygens (including phenoxy) is 3. The maximum atomic E-state index is 12.4. The number of anilines is 1. The molecule has 7 heteroatoms. The molecule has 59 heavy (non-hydrogen) atoms. The van der Waals surface area contributed by atoms with E-state index in [1.807, 2.05) is 12.1 Å². The molecule has 0 bridgehead atoms. The number of fused-ring (bicyclic) bond motifs is 6. The predicted octanol–water partition coefficient (Wildman–Crippen LogP) is 12.4. The van der Waals surface area contributed by atoms with Crippen LogP contribution in [-0.2, 0) is 15.6 Å². The molecule has 0 aromatic heterocycles. The van der Waals surface area contributed by atoms with E-state index in [-0.39, 0.29) is 22.7 Å². The van der Waals surface area contributed by atoms with E-state index in [0.29, 0.717) is 5.56 Å². The van der Waals surface area contributed by atoms with Gasteiger partial charge >= 0.3 is 5.97 Å². The summed E-state index contributed by atoms with van der Waals surface area (Å²) in [5, 5.41) is 5.62. The summed E-state index contributed by atoms with van der Waals surface area (Å²) in [6, 6.07) is 29.5. The lowest BCUT2D eigenvalue weighted by molar-refractivity contribution is -0.433. The highest BCUT2D eigenvalue weighted by atomic mass is 35.5. The summed E-state index contributed by atoms with van der Waals surface area (Å²) in [6.07, 6.45) is 10.6. The first kappa shape index (κ1) is 40.2. The second-order valence-electron chi connectivity index (χ2n) is 16.9. The second-order valence-corrected chi connectivity index (χ2v) is 17.2. The van der Waals surface area contributed by atoms with E-state index in [1.165, 1.54) is 62.6 Å². The van der Waals surface area contributed by atoms with Crippen LogP contribution in [0.3, 0.4) is 0 Å². The maximum Gasteiger partial charge on any atom is 0.337 e. The smallest absolute Gasteiger partial charge is 0.337 e. The number of allylic oxidation sites excluding steroid dienone is 8. The van der Waals surface area contributed by atoms with Crippen LogP contribution in [0.5, 0.6) is 11.5 Å². The predicted molar refractivity (Wildman–Crippen MR) is 243 cm³/mol. The van der Waals surface area contributed by atoms with Crippen LogP contribution in [0.15, 0.2) is 131 Å². The van der Waals surface area contributed by atoms with Crippen LogP contribution in [0.4, 0.5) is 11.4 Å². The quantitative estimate of drug-likeness (QED) is 0.110. The number of esters is 1. The van der Waals surface area contributed by atoms with Gasteiger partial charge in [0, 0.05) is 46.1 Å². The minimum absolute atomic E-state index is 0.156. The lowest BCUT2D eigenvalue weighted by atomic mass is 9.78. The molecule has 6 nitrogen and oxygen atoms in total. The zero-order valence-electron chi connectivity index (χ0n) is 35.7. The van der Waals surface area contributed by atoms with Crippen molar-refractivity contribution in [3.05, 3.63) is 153 Å². The normalized spacial score (nSPS) is 19.7. The van der Waals surface area contributed by atoms with Crippen molar-refractivity contribution in [2.45, 2.75) is 71.1 Å². The fourth-order valence-corrected chi connectivity index (χ4v) is 10.2. The van der Waals surface area contributed by atoms with Crippen LogP contribution < -0.4 is 14.4 Å². The lowest BCUT2D eigenvalue weighted by Gasteiger charge is -2.28. The topological polar surface area (TPSA) is 51.0 Å². The van der Waals surface area contributed by atoms with Gasteiger partial charge in [-0.25, -0.2) is 4.79 Å². The average Bonchev–Trinajstić information content (AvgIpc) is 3.62. The van der Waals surface area contributed by atoms with E-state index >= 15 is 0 Å². The Balaban J connectivity index is 1.22. The second kappa shape index (κ2) is 15.5. The van der Waals surface area contributed by atoms with Crippen LogP contribution in [0.1, 0.15) is 87.4 Å². The first-order valence-electron chi connectivity index (χ1n) is 20.7. The first-order chi connectivity index (χ1) is 28.4. The summed E-state index contributed by atoms with van der Waals surface area (Å²) in [6.45, 7) is 15.4. The Hall–Kier alpha value is -5.59. The summed E-state index contributed by atoms with van der Waals surface area (Å²) in [5.41, 5.74) is 11.0. The molecule has 1 aliphatic carbocycles. The molecule has 0 saturated carbocycles. The molecule has 2 heterocycles. The van der Waals surface area contributed by atoms with Crippen molar-refractivity contribution in [2.24, 2.45) is 0 Å². The Bertz CT molecular complexity index is 2680. The summed E-state index contributed by atoms with van der Waals surface area (Å²) >= 11 is 7.54. The van der Waals surface area contributed by atoms with Crippen molar-refractivity contribution < 1.29 is 23.6 Å². The van der Waals surface area contributed by atoms with Gasteiger partial charge in [0.1, 0.15) is 18.0 Å². The molecule has 1 unspecified atom stereocenters. The van der Waals surface area contributed by atoms with Crippen molar-refractivity contribution in [2.75, 3.05) is 39.3 Å². The van der Waals surface area contributed by atoms with E-state index in [2.05, 4.69) is 148 Å². The highest BCUT2D eigenvalue weighted by molar-refractivity contribution is 6.32. The molecule has 2 aliphatic heterocycles. The highest BCUT2D eigenvalue weighted by Gasteiger charge is 2.45. The van der Waals surface area contributed by atoms with E-state index in [1.54, 1.807) is 14.2 Å². The molecule has 0 spiro atoms. The standard InChI is InChI=1S/C52H54ClN2O4/c1-10-54-43-24-16-34-30-39(57-7)20-22-41(34)47(43)51(3,4)45(54)26-18-36-28-38(32-12-14-33(15-13-32)50(56)59-9)29-37(49(36)53)19-27-46-52(5,6)48-42-23-21-40(58-8)31-35(42)17-25-44(48)55(46)11-2/h12-27,30-31,38H,10-11,28-29H2,1-9H3/q+1. The van der Waals surface area contributed by atoms with Gasteiger partial charge in [0.2, 0.25) is 5.69 Å². The van der Waals surface area contributed by atoms with Crippen LogP contribution in [0, 0.1) is 0 Å². The summed E-state index contributed by atoms with van der Waals surface area (Å²) < 4.78 is 18.6. The van der Waals surface area contributed by atoms with Gasteiger partial charge in [-0.1, -0.05) is 67.9 Å². The third kappa shape index (κ3) is 6.76. The number of methoxy groups -OCH3 is 3. The number of rotatable bonds is 9. The van der Waals surface area contributed by atoms with Gasteiger partial charge in [0.15, 0.2) is 5.71 Å². The van der Waals surface area contributed by atoms with Gasteiger partial charge in [-0.2, -0.15) is 4.58 Å². The van der Waals surface area contributed by atoms with Gasteiger partial charge in [0.05, 0.1) is 32.3 Å². The van der Waals surface area contributed by atoms with E-state index < -0.39 is 0 Å². The van der Waals surface area contributed by atoms with Crippen molar-refractivity contribution in [3.8, 4) is 11.5 Å². The molecule has 0 fully saturated rings. The number of carbonyl (C=O) groups is 1. The van der Waals surface area contributed by atoms with Crippen molar-refractivity contribution in [1.29, 1.82) is 0 Å². The molecule has 0 saturated heterocycles. The molecule has 1 atom stereocenters. The van der Waals surface area contributed by atoms with E-state index in [9.17, 15) is 4.79 Å². The van der Waals surface area contributed by atoms with Crippen LogP contribution >= 0.6 is 11.6 Å². The summed E-state index contributed by atoms with van der Waals surface area (Å²) in [7, 11) is 4.85. The zero-order valence-corrected chi connectivity index (χ0v) is 36.5. The third-order valence-corrected chi connectivity index (χ3v) is 13.4. The largest absolute Gasteiger partial charge is 0.497 e. The number of hydrogen-bond donors (Lipinski definition) is 0. The molecule has 302 valence electrons. The van der Waals surface area contributed by atoms with E-state index in [0.717, 1.165) is 59.2 Å². The van der Waals surface area contributed by atoms with Gasteiger partial charge in [-0.15, -0.1) is 0 Å². The molecule has 5 aromatic carbocycles. The van der Waals surface area contributed by atoms with Gasteiger partial charge < -0.3 is 19.1 Å². The molecular weight excluding hydrogens is 752 g/mol. The Morgan fingerprint density at radius 3 is 2.03 bits per heavy atom. The van der Waals surface area contributed by atoms with Crippen LogP contribution in [0.2, 0.25) is 0 Å². The monoisotopic (exact) mass is 805 g/mol. The number of halogens is 1. The van der Waals surface area contributed by atoms with Crippen molar-refractivity contribution >= 4 is 56.2 Å². The van der Waals surface area contributed by atoms with Gasteiger partial charge in [0.25, 0.3) is 0 Å². The highest BCUT2D eigenvalue weighted by Crippen LogP contribution is 2.52. The number of benzene rings is 5. The fourth-order valence-electron chi connectivity index (χ4n) is 9.95. The molecule has 0 radical (unpaired) electrons. The SMILES string of the molecule is CCN1C(=CC=C2CC(c3ccc(C(=O)OC)cc3)CC(C=CC3=[N+](CC)c4ccc5cc(OC)ccc5c4C3(C)C)=C2Cl)C(C)(C)c2c1ccc1cc(OC)ccc21. The Morgan fingerprint density at radius 2 is 1.42 bits per heavy atom. The Morgan fingerprint density at radius 1 is 0.780 bits per heavy atom. The minimum atomic E-state index is -0.337. The van der Waals surface area contributed by atoms with Crippen LogP contribution in [-0.4, -0.2) is 50.7 Å². The Labute approximate surface area is 353 Å². The van der Waals surface area contributed by atoms with Crippen molar-refractivity contribution in [3.63, 3.8) is 0 Å². The zero-order chi connectivity index (χ0) is 41.8. The summed E-state index contributed by atoms with van der Waals surface area (Å²) in [4.78, 5) is 14.8. The lowest BCUT2D eigenvalue weighted by Crippen LogP contribution is -2.28. The molecule has 8 rings (SSSR count). The van der Waals surface area contributed by atoms with Crippen LogP contribution in [0.25, 0.3) is 21.5 Å². The molecule has 0 amide bonds. The number of hydrogen-bond acceptors (Lipinski definition) is 5. The minimum Gasteiger partial charge on any atom is -0.497 e. The number of likely N-dealkylation sites (N-methyl/N-ethyl adjacent to an activating group) is 1. The average molecular weight is 806 g/mol.